The van der Waals surface area contributed by atoms with Gasteiger partial charge in [0.25, 0.3) is 0 Å². The molecule has 0 atom stereocenters. The monoisotopic (exact) mass is 306 g/mol. The third-order valence-electron chi connectivity index (χ3n) is 3.47. The van der Waals surface area contributed by atoms with Crippen LogP contribution in [0.5, 0.6) is 0 Å². The minimum Gasteiger partial charge on any atom is -0.311 e. The lowest BCUT2D eigenvalue weighted by Gasteiger charge is -2.31. The van der Waals surface area contributed by atoms with Gasteiger partial charge < -0.3 is 9.05 Å². The number of hydrogen-bond donors (Lipinski definition) is 0. The van der Waals surface area contributed by atoms with Gasteiger partial charge in [0, 0.05) is 24.0 Å². The summed E-state index contributed by atoms with van der Waals surface area (Å²) in [6.07, 6.45) is 0. The Morgan fingerprint density at radius 1 is 0.900 bits per heavy atom. The molecule has 3 rings (SSSR count). The Morgan fingerprint density at radius 2 is 1.35 bits per heavy atom. The van der Waals surface area contributed by atoms with Gasteiger partial charge in [-0.3, -0.25) is 4.57 Å². The van der Waals surface area contributed by atoms with Gasteiger partial charge in [0.1, 0.15) is 5.66 Å². The zero-order chi connectivity index (χ0) is 14.2. The smallest absolute Gasteiger partial charge is 0.311 e. The highest BCUT2D eigenvalue weighted by molar-refractivity contribution is 7.99. The number of hydrogen-bond acceptors (Lipinski definition) is 4. The summed E-state index contributed by atoms with van der Waals surface area (Å²) in [5, 5.41) is 0. The van der Waals surface area contributed by atoms with E-state index in [-0.39, 0.29) is 5.66 Å². The summed E-state index contributed by atoms with van der Waals surface area (Å²) < 4.78 is 23.5. The SMILES string of the molecule is COP(=O)(OC)C1c2ccccc2Sc2ccccc21. The van der Waals surface area contributed by atoms with Gasteiger partial charge in [-0.1, -0.05) is 48.2 Å². The first-order chi connectivity index (χ1) is 9.69. The first-order valence-corrected chi connectivity index (χ1v) is 8.69. The minimum atomic E-state index is -3.23. The van der Waals surface area contributed by atoms with Crippen molar-refractivity contribution in [1.82, 2.24) is 0 Å². The van der Waals surface area contributed by atoms with Crippen LogP contribution >= 0.6 is 19.4 Å². The number of benzene rings is 2. The highest BCUT2D eigenvalue weighted by atomic mass is 32.2. The van der Waals surface area contributed by atoms with Crippen LogP contribution in [-0.2, 0) is 13.6 Å². The molecule has 20 heavy (non-hydrogen) atoms. The van der Waals surface area contributed by atoms with E-state index in [0.29, 0.717) is 0 Å². The van der Waals surface area contributed by atoms with Crippen LogP contribution in [0.2, 0.25) is 0 Å². The Hall–Kier alpha value is -1.06. The van der Waals surface area contributed by atoms with Crippen molar-refractivity contribution in [2.75, 3.05) is 14.2 Å². The van der Waals surface area contributed by atoms with Gasteiger partial charge in [0.05, 0.1) is 0 Å². The maximum Gasteiger partial charge on any atom is 0.342 e. The fourth-order valence-electron chi connectivity index (χ4n) is 2.51. The molecule has 0 unspecified atom stereocenters. The molecule has 2 aromatic rings. The Morgan fingerprint density at radius 3 is 1.80 bits per heavy atom. The molecule has 0 aromatic heterocycles. The fourth-order valence-corrected chi connectivity index (χ4v) is 5.53. The van der Waals surface area contributed by atoms with Crippen molar-refractivity contribution in [3.05, 3.63) is 59.7 Å². The summed E-state index contributed by atoms with van der Waals surface area (Å²) in [7, 11) is -0.351. The molecule has 2 aromatic carbocycles. The second-order valence-electron chi connectivity index (χ2n) is 4.49. The van der Waals surface area contributed by atoms with E-state index in [1.807, 2.05) is 48.5 Å². The van der Waals surface area contributed by atoms with Crippen LogP contribution in [0.15, 0.2) is 58.3 Å². The summed E-state index contributed by atoms with van der Waals surface area (Å²) in [5.74, 6) is 0. The standard InChI is InChI=1S/C15H15O3PS/c1-17-19(16,18-2)15-11-7-3-5-9-13(11)20-14-10-6-4-8-12(14)15/h3-10,15H,1-2H3. The molecule has 0 N–H and O–H groups in total. The van der Waals surface area contributed by atoms with E-state index in [0.717, 1.165) is 20.9 Å². The van der Waals surface area contributed by atoms with Crippen LogP contribution in [0.3, 0.4) is 0 Å². The van der Waals surface area contributed by atoms with Gasteiger partial charge in [0.15, 0.2) is 0 Å². The Balaban J connectivity index is 2.25. The van der Waals surface area contributed by atoms with Crippen molar-refractivity contribution in [2.24, 2.45) is 0 Å². The van der Waals surface area contributed by atoms with Crippen LogP contribution in [-0.4, -0.2) is 14.2 Å². The molecular formula is C15H15O3PS. The summed E-state index contributed by atoms with van der Waals surface area (Å²) in [6.45, 7) is 0. The zero-order valence-electron chi connectivity index (χ0n) is 11.3. The van der Waals surface area contributed by atoms with Gasteiger partial charge in [-0.25, -0.2) is 0 Å². The van der Waals surface area contributed by atoms with E-state index in [4.69, 9.17) is 9.05 Å². The van der Waals surface area contributed by atoms with Gasteiger partial charge in [-0.15, -0.1) is 0 Å². The second kappa shape index (κ2) is 5.38. The van der Waals surface area contributed by atoms with Crippen LogP contribution in [0.25, 0.3) is 0 Å². The van der Waals surface area contributed by atoms with Crippen LogP contribution < -0.4 is 0 Å². The van der Waals surface area contributed by atoms with Gasteiger partial charge in [-0.2, -0.15) is 0 Å². The normalized spacial score (nSPS) is 14.7. The molecule has 0 radical (unpaired) electrons. The summed E-state index contributed by atoms with van der Waals surface area (Å²) in [6, 6.07) is 16.0. The Labute approximate surface area is 122 Å². The second-order valence-corrected chi connectivity index (χ2v) is 7.90. The van der Waals surface area contributed by atoms with Crippen molar-refractivity contribution in [1.29, 1.82) is 0 Å². The molecule has 0 saturated carbocycles. The van der Waals surface area contributed by atoms with E-state index in [1.54, 1.807) is 11.8 Å². The lowest BCUT2D eigenvalue weighted by molar-refractivity contribution is 0.269. The molecule has 0 bridgehead atoms. The van der Waals surface area contributed by atoms with Crippen LogP contribution in [0.1, 0.15) is 16.8 Å². The van der Waals surface area contributed by atoms with Gasteiger partial charge in [0.2, 0.25) is 0 Å². The molecule has 1 aliphatic heterocycles. The van der Waals surface area contributed by atoms with E-state index >= 15 is 0 Å². The van der Waals surface area contributed by atoms with E-state index in [2.05, 4.69) is 0 Å². The lowest BCUT2D eigenvalue weighted by atomic mass is 10.0. The predicted octanol–water partition coefficient (Wildman–Crippen LogP) is 4.73. The molecule has 0 spiro atoms. The Kier molecular flexibility index (Phi) is 3.74. The average Bonchev–Trinajstić information content (AvgIpc) is 2.51. The maximum absolute atomic E-state index is 13.0. The third-order valence-corrected chi connectivity index (χ3v) is 6.86. The molecule has 5 heteroatoms. The van der Waals surface area contributed by atoms with Crippen molar-refractivity contribution in [3.63, 3.8) is 0 Å². The molecule has 1 aliphatic rings. The highest BCUT2D eigenvalue weighted by Gasteiger charge is 2.41. The lowest BCUT2D eigenvalue weighted by Crippen LogP contribution is -2.11. The summed E-state index contributed by atoms with van der Waals surface area (Å²) >= 11 is 1.69. The largest absolute Gasteiger partial charge is 0.342 e. The summed E-state index contributed by atoms with van der Waals surface area (Å²) in [5.41, 5.74) is 1.64. The van der Waals surface area contributed by atoms with Gasteiger partial charge in [-0.05, 0) is 23.3 Å². The predicted molar refractivity (Wildman–Crippen MR) is 80.5 cm³/mol. The van der Waals surface area contributed by atoms with E-state index in [9.17, 15) is 4.57 Å². The maximum atomic E-state index is 13.0. The molecular weight excluding hydrogens is 291 g/mol. The van der Waals surface area contributed by atoms with Crippen molar-refractivity contribution in [2.45, 2.75) is 15.4 Å². The molecule has 3 nitrogen and oxygen atoms in total. The van der Waals surface area contributed by atoms with Crippen molar-refractivity contribution >= 4 is 19.4 Å². The van der Waals surface area contributed by atoms with Crippen molar-refractivity contribution < 1.29 is 13.6 Å². The third kappa shape index (κ3) is 2.13. The number of rotatable bonds is 3. The molecule has 0 aliphatic carbocycles. The molecule has 1 heterocycles. The minimum absolute atomic E-state index is 0.369. The van der Waals surface area contributed by atoms with E-state index in [1.165, 1.54) is 14.2 Å². The first-order valence-electron chi connectivity index (χ1n) is 6.26. The molecule has 104 valence electrons. The fraction of sp³-hybridized carbons (Fsp3) is 0.200. The topological polar surface area (TPSA) is 35.5 Å². The summed E-state index contributed by atoms with van der Waals surface area (Å²) in [4.78, 5) is 2.20. The van der Waals surface area contributed by atoms with Crippen LogP contribution in [0.4, 0.5) is 0 Å². The van der Waals surface area contributed by atoms with Gasteiger partial charge >= 0.3 is 7.60 Å². The highest BCUT2D eigenvalue weighted by Crippen LogP contribution is 2.66. The number of fused-ring (bicyclic) bond motifs is 2. The quantitative estimate of drug-likeness (QED) is 0.768. The average molecular weight is 306 g/mol. The van der Waals surface area contributed by atoms with Crippen molar-refractivity contribution in [3.8, 4) is 0 Å². The molecule has 0 saturated heterocycles. The van der Waals surface area contributed by atoms with E-state index < -0.39 is 7.60 Å². The van der Waals surface area contributed by atoms with Crippen LogP contribution in [0, 0.1) is 0 Å². The zero-order valence-corrected chi connectivity index (χ0v) is 13.0. The molecule has 0 amide bonds. The molecule has 0 fully saturated rings. The first kappa shape index (κ1) is 13.9. The Bertz CT molecular complexity index is 633.